The highest BCUT2D eigenvalue weighted by Crippen LogP contribution is 2.37. The van der Waals surface area contributed by atoms with Gasteiger partial charge in [0.25, 0.3) is 0 Å². The summed E-state index contributed by atoms with van der Waals surface area (Å²) < 4.78 is 4.83. The number of ether oxygens (including phenoxy) is 1. The molecular weight excluding hydrogens is 308 g/mol. The van der Waals surface area contributed by atoms with Gasteiger partial charge >= 0.3 is 11.9 Å². The minimum atomic E-state index is -0.927. The maximum atomic E-state index is 12.2. The third-order valence-electron chi connectivity index (χ3n) is 3.81. The van der Waals surface area contributed by atoms with Crippen molar-refractivity contribution in [3.8, 4) is 0 Å². The molecule has 7 heteroatoms. The third kappa shape index (κ3) is 2.30. The monoisotopic (exact) mass is 320 g/mol. The van der Waals surface area contributed by atoms with Crippen LogP contribution in [0.1, 0.15) is 23.2 Å². The zero-order chi connectivity index (χ0) is 15.9. The van der Waals surface area contributed by atoms with Crippen LogP contribution in [0.4, 0.5) is 0 Å². The van der Waals surface area contributed by atoms with Crippen LogP contribution in [-0.2, 0) is 14.3 Å². The van der Waals surface area contributed by atoms with Crippen molar-refractivity contribution in [3.05, 3.63) is 46.6 Å². The molecule has 1 amide bonds. The number of benzene rings is 1. The van der Waals surface area contributed by atoms with E-state index in [0.717, 1.165) is 0 Å². The van der Waals surface area contributed by atoms with Crippen LogP contribution >= 0.6 is 11.6 Å². The number of carbonyl (C=O) groups excluding carboxylic acids is 3. The number of hydrogen-bond acceptors (Lipinski definition) is 5. The van der Waals surface area contributed by atoms with Gasteiger partial charge in [-0.25, -0.2) is 9.59 Å². The predicted molar refractivity (Wildman–Crippen MR) is 77.6 cm³/mol. The van der Waals surface area contributed by atoms with E-state index >= 15 is 0 Å². The lowest BCUT2D eigenvalue weighted by Crippen LogP contribution is -2.69. The van der Waals surface area contributed by atoms with E-state index in [1.165, 1.54) is 17.0 Å². The Labute approximate surface area is 131 Å². The average molecular weight is 321 g/mol. The Morgan fingerprint density at radius 2 is 1.91 bits per heavy atom. The summed E-state index contributed by atoms with van der Waals surface area (Å²) in [6, 6.07) is 7.22. The molecule has 2 aliphatic rings. The molecule has 1 saturated heterocycles. The van der Waals surface area contributed by atoms with Gasteiger partial charge in [-0.2, -0.15) is 0 Å². The molecule has 2 heterocycles. The van der Waals surface area contributed by atoms with E-state index in [4.69, 9.17) is 22.1 Å². The van der Waals surface area contributed by atoms with Crippen molar-refractivity contribution in [2.75, 3.05) is 0 Å². The minimum absolute atomic E-state index is 0.0751. The SMILES string of the molecule is N[C@@H]1C(=O)N2C(C(=O)OC(=O)c3ccccc3)=C(Cl)CCC12. The molecule has 0 aliphatic carbocycles. The largest absolute Gasteiger partial charge is 0.385 e. The lowest BCUT2D eigenvalue weighted by Gasteiger charge is -2.48. The second-order valence-corrected chi connectivity index (χ2v) is 5.59. The maximum absolute atomic E-state index is 12.2. The molecule has 0 saturated carbocycles. The smallest absolute Gasteiger partial charge is 0.364 e. The number of allylic oxidation sites excluding steroid dienone is 1. The summed E-state index contributed by atoms with van der Waals surface area (Å²) in [4.78, 5) is 37.2. The molecule has 0 radical (unpaired) electrons. The molecule has 114 valence electrons. The fourth-order valence-electron chi connectivity index (χ4n) is 2.65. The Morgan fingerprint density at radius 3 is 2.59 bits per heavy atom. The zero-order valence-corrected chi connectivity index (χ0v) is 12.2. The molecule has 1 aromatic carbocycles. The van der Waals surface area contributed by atoms with Crippen molar-refractivity contribution < 1.29 is 19.1 Å². The van der Waals surface area contributed by atoms with Gasteiger partial charge in [0.05, 0.1) is 11.6 Å². The van der Waals surface area contributed by atoms with Crippen molar-refractivity contribution in [2.45, 2.75) is 24.9 Å². The molecule has 1 aromatic rings. The molecule has 3 rings (SSSR count). The number of β-lactam (4-membered cyclic amide) rings is 1. The maximum Gasteiger partial charge on any atom is 0.364 e. The highest BCUT2D eigenvalue weighted by molar-refractivity contribution is 6.32. The van der Waals surface area contributed by atoms with E-state index in [1.54, 1.807) is 18.2 Å². The Morgan fingerprint density at radius 1 is 1.23 bits per heavy atom. The van der Waals surface area contributed by atoms with Gasteiger partial charge in [-0.05, 0) is 25.0 Å². The first kappa shape index (κ1) is 14.7. The van der Waals surface area contributed by atoms with Crippen LogP contribution < -0.4 is 5.73 Å². The molecule has 2 atom stereocenters. The summed E-state index contributed by atoms with van der Waals surface area (Å²) in [5.74, 6) is -2.10. The first-order valence-electron chi connectivity index (χ1n) is 6.79. The summed E-state index contributed by atoms with van der Waals surface area (Å²) in [7, 11) is 0. The highest BCUT2D eigenvalue weighted by Gasteiger charge is 2.51. The number of carbonyl (C=O) groups is 3. The first-order valence-corrected chi connectivity index (χ1v) is 7.17. The number of hydrogen-bond donors (Lipinski definition) is 1. The van der Waals surface area contributed by atoms with Crippen LogP contribution in [0.15, 0.2) is 41.1 Å². The first-order chi connectivity index (χ1) is 10.5. The van der Waals surface area contributed by atoms with Gasteiger partial charge in [0, 0.05) is 5.03 Å². The van der Waals surface area contributed by atoms with Gasteiger partial charge in [-0.15, -0.1) is 0 Å². The van der Waals surface area contributed by atoms with Crippen molar-refractivity contribution in [3.63, 3.8) is 0 Å². The van der Waals surface area contributed by atoms with Gasteiger partial charge in [0.2, 0.25) is 5.91 Å². The van der Waals surface area contributed by atoms with Crippen LogP contribution in [-0.4, -0.2) is 34.8 Å². The summed E-state index contributed by atoms with van der Waals surface area (Å²) in [6.45, 7) is 0. The van der Waals surface area contributed by atoms with Crippen LogP contribution in [0.2, 0.25) is 0 Å². The average Bonchev–Trinajstić information content (AvgIpc) is 2.54. The number of halogens is 1. The molecule has 0 spiro atoms. The fraction of sp³-hybridized carbons (Fsp3) is 0.267. The molecule has 1 fully saturated rings. The Hall–Kier alpha value is -2.18. The van der Waals surface area contributed by atoms with Crippen LogP contribution in [0.5, 0.6) is 0 Å². The molecule has 6 nitrogen and oxygen atoms in total. The second kappa shape index (κ2) is 5.55. The minimum Gasteiger partial charge on any atom is -0.385 e. The zero-order valence-electron chi connectivity index (χ0n) is 11.5. The van der Waals surface area contributed by atoms with Gasteiger partial charge < -0.3 is 10.5 Å². The summed E-state index contributed by atoms with van der Waals surface area (Å²) >= 11 is 6.05. The van der Waals surface area contributed by atoms with Crippen LogP contribution in [0.3, 0.4) is 0 Å². The van der Waals surface area contributed by atoms with Crippen LogP contribution in [0.25, 0.3) is 0 Å². The number of amides is 1. The molecule has 0 aromatic heterocycles. The van der Waals surface area contributed by atoms with Gasteiger partial charge in [-0.3, -0.25) is 9.69 Å². The molecule has 2 N–H and O–H groups in total. The topological polar surface area (TPSA) is 89.7 Å². The Balaban J connectivity index is 1.79. The molecular formula is C15H13ClN2O4. The second-order valence-electron chi connectivity index (χ2n) is 5.14. The van der Waals surface area contributed by atoms with Crippen molar-refractivity contribution in [1.29, 1.82) is 0 Å². The lowest BCUT2D eigenvalue weighted by molar-refractivity contribution is -0.152. The van der Waals surface area contributed by atoms with Gasteiger partial charge in [0.15, 0.2) is 0 Å². The van der Waals surface area contributed by atoms with E-state index in [9.17, 15) is 14.4 Å². The lowest BCUT2D eigenvalue weighted by atomic mass is 9.87. The van der Waals surface area contributed by atoms with E-state index in [2.05, 4.69) is 0 Å². The van der Waals surface area contributed by atoms with Crippen molar-refractivity contribution >= 4 is 29.4 Å². The number of rotatable bonds is 2. The standard InChI is InChI=1S/C15H13ClN2O4/c16-9-6-7-10-11(17)13(19)18(10)12(9)15(21)22-14(20)8-4-2-1-3-5-8/h1-5,10-11H,6-7,17H2/t10?,11-/m0/s1. The molecule has 22 heavy (non-hydrogen) atoms. The number of nitrogens with zero attached hydrogens (tertiary/aromatic N) is 1. The number of esters is 2. The Bertz CT molecular complexity index is 686. The van der Waals surface area contributed by atoms with E-state index in [-0.39, 0.29) is 28.2 Å². The Kier molecular flexibility index (Phi) is 3.72. The van der Waals surface area contributed by atoms with Gasteiger partial charge in [0.1, 0.15) is 11.7 Å². The molecule has 2 aliphatic heterocycles. The van der Waals surface area contributed by atoms with Crippen molar-refractivity contribution in [2.24, 2.45) is 5.73 Å². The van der Waals surface area contributed by atoms with E-state index in [0.29, 0.717) is 12.8 Å². The predicted octanol–water partition coefficient (Wildman–Crippen LogP) is 1.15. The summed E-state index contributed by atoms with van der Waals surface area (Å²) in [6.07, 6.45) is 1.02. The van der Waals surface area contributed by atoms with Crippen molar-refractivity contribution in [1.82, 2.24) is 4.90 Å². The third-order valence-corrected chi connectivity index (χ3v) is 4.18. The van der Waals surface area contributed by atoms with E-state index < -0.39 is 18.0 Å². The fourth-order valence-corrected chi connectivity index (χ4v) is 2.93. The van der Waals surface area contributed by atoms with Crippen LogP contribution in [0, 0.1) is 0 Å². The quantitative estimate of drug-likeness (QED) is 0.501. The molecule has 0 bridgehead atoms. The highest BCUT2D eigenvalue weighted by atomic mass is 35.5. The van der Waals surface area contributed by atoms with E-state index in [1.807, 2.05) is 0 Å². The number of fused-ring (bicyclic) bond motifs is 1. The van der Waals surface area contributed by atoms with Gasteiger partial charge in [-0.1, -0.05) is 29.8 Å². The molecule has 1 unspecified atom stereocenters. The summed E-state index contributed by atoms with van der Waals surface area (Å²) in [5.41, 5.74) is 5.87. The normalized spacial score (nSPS) is 23.7. The number of nitrogens with two attached hydrogens (primary N) is 1. The summed E-state index contributed by atoms with van der Waals surface area (Å²) in [5, 5.41) is 0.211.